The first-order valence-corrected chi connectivity index (χ1v) is 7.23. The molecule has 2 rings (SSSR count). The minimum atomic E-state index is -0.382. The number of anilines is 1. The van der Waals surface area contributed by atoms with Crippen LogP contribution in [-0.2, 0) is 4.79 Å². The van der Waals surface area contributed by atoms with E-state index in [1.54, 1.807) is 32.0 Å². The van der Waals surface area contributed by atoms with Crippen LogP contribution in [0.25, 0.3) is 6.08 Å². The third-order valence-electron chi connectivity index (χ3n) is 3.09. The predicted molar refractivity (Wildman–Crippen MR) is 86.7 cm³/mol. The zero-order chi connectivity index (χ0) is 16.8. The summed E-state index contributed by atoms with van der Waals surface area (Å²) in [6.45, 7) is 5.83. The van der Waals surface area contributed by atoms with Gasteiger partial charge in [-0.05, 0) is 32.9 Å². The molecule has 1 heterocycles. The van der Waals surface area contributed by atoms with E-state index in [0.717, 1.165) is 0 Å². The van der Waals surface area contributed by atoms with Crippen LogP contribution in [0, 0.1) is 19.7 Å². The van der Waals surface area contributed by atoms with Crippen LogP contribution in [0.3, 0.4) is 0 Å². The Balaban J connectivity index is 2.13. The molecule has 0 saturated heterocycles. The van der Waals surface area contributed by atoms with Gasteiger partial charge in [0.05, 0.1) is 23.7 Å². The summed E-state index contributed by atoms with van der Waals surface area (Å²) in [4.78, 5) is 20.4. The van der Waals surface area contributed by atoms with Gasteiger partial charge in [0.15, 0.2) is 0 Å². The Morgan fingerprint density at radius 3 is 2.52 bits per heavy atom. The fourth-order valence-electron chi connectivity index (χ4n) is 2.00. The van der Waals surface area contributed by atoms with Crippen molar-refractivity contribution in [2.75, 3.05) is 11.9 Å². The summed E-state index contributed by atoms with van der Waals surface area (Å²) in [5.41, 5.74) is 2.08. The number of carbonyl (C=O) groups excluding carboxylic acids is 1. The van der Waals surface area contributed by atoms with Crippen LogP contribution in [0.15, 0.2) is 30.3 Å². The van der Waals surface area contributed by atoms with Gasteiger partial charge in [-0.3, -0.25) is 4.79 Å². The molecular weight excluding hydrogens is 297 g/mol. The van der Waals surface area contributed by atoms with Gasteiger partial charge in [-0.25, -0.2) is 4.39 Å². The molecule has 120 valence electrons. The maximum absolute atomic E-state index is 13.5. The van der Waals surface area contributed by atoms with Gasteiger partial charge in [0.2, 0.25) is 5.91 Å². The third-order valence-corrected chi connectivity index (χ3v) is 3.09. The van der Waals surface area contributed by atoms with E-state index < -0.39 is 0 Å². The van der Waals surface area contributed by atoms with Crippen molar-refractivity contribution in [3.8, 4) is 6.01 Å². The molecule has 0 radical (unpaired) electrons. The van der Waals surface area contributed by atoms with Crippen LogP contribution in [0.2, 0.25) is 0 Å². The quantitative estimate of drug-likeness (QED) is 0.860. The molecule has 0 unspecified atom stereocenters. The molecular formula is C17H18FN3O2. The number of halogens is 1. The Morgan fingerprint density at radius 1 is 1.26 bits per heavy atom. The van der Waals surface area contributed by atoms with Crippen LogP contribution < -0.4 is 10.1 Å². The van der Waals surface area contributed by atoms with Gasteiger partial charge in [0.1, 0.15) is 5.82 Å². The number of hydrogen-bond donors (Lipinski definition) is 1. The van der Waals surface area contributed by atoms with Gasteiger partial charge in [0, 0.05) is 11.6 Å². The van der Waals surface area contributed by atoms with Crippen molar-refractivity contribution in [2.24, 2.45) is 0 Å². The monoisotopic (exact) mass is 315 g/mol. The lowest BCUT2D eigenvalue weighted by Gasteiger charge is -2.10. The second-order valence-corrected chi connectivity index (χ2v) is 4.83. The highest BCUT2D eigenvalue weighted by Crippen LogP contribution is 2.19. The largest absolute Gasteiger partial charge is 0.464 e. The van der Waals surface area contributed by atoms with Crippen LogP contribution in [0.4, 0.5) is 10.1 Å². The van der Waals surface area contributed by atoms with E-state index in [0.29, 0.717) is 29.2 Å². The molecule has 1 aromatic carbocycles. The van der Waals surface area contributed by atoms with Gasteiger partial charge in [-0.1, -0.05) is 18.2 Å². The summed E-state index contributed by atoms with van der Waals surface area (Å²) in [5, 5.41) is 2.71. The molecule has 0 fully saturated rings. The maximum Gasteiger partial charge on any atom is 0.316 e. The number of aryl methyl sites for hydroxylation is 2. The third kappa shape index (κ3) is 4.35. The van der Waals surface area contributed by atoms with Crippen molar-refractivity contribution in [3.63, 3.8) is 0 Å². The fraction of sp³-hybridized carbons (Fsp3) is 0.235. The average molecular weight is 315 g/mol. The van der Waals surface area contributed by atoms with Crippen molar-refractivity contribution in [2.45, 2.75) is 20.8 Å². The van der Waals surface area contributed by atoms with Gasteiger partial charge in [-0.2, -0.15) is 9.97 Å². The lowest BCUT2D eigenvalue weighted by molar-refractivity contribution is -0.111. The topological polar surface area (TPSA) is 64.1 Å². The zero-order valence-electron chi connectivity index (χ0n) is 13.3. The van der Waals surface area contributed by atoms with Crippen molar-refractivity contribution in [1.82, 2.24) is 9.97 Å². The smallest absolute Gasteiger partial charge is 0.316 e. The SMILES string of the molecule is CCOc1nc(C)c(NC(=O)/C=C/c2ccccc2F)c(C)n1. The standard InChI is InChI=1S/C17H18FN3O2/c1-4-23-17-19-11(2)16(12(3)20-17)21-15(22)10-9-13-7-5-6-8-14(13)18/h5-10H,4H2,1-3H3,(H,21,22)/b10-9+. The summed E-state index contributed by atoms with van der Waals surface area (Å²) in [6.07, 6.45) is 2.69. The molecule has 5 nitrogen and oxygen atoms in total. The molecule has 2 aromatic rings. The molecule has 0 saturated carbocycles. The number of aromatic nitrogens is 2. The number of ether oxygens (including phenoxy) is 1. The van der Waals surface area contributed by atoms with Crippen molar-refractivity contribution >= 4 is 17.7 Å². The Morgan fingerprint density at radius 2 is 1.91 bits per heavy atom. The van der Waals surface area contributed by atoms with Gasteiger partial charge in [0.25, 0.3) is 0 Å². The summed E-state index contributed by atoms with van der Waals surface area (Å²) in [5.74, 6) is -0.763. The van der Waals surface area contributed by atoms with Crippen LogP contribution in [-0.4, -0.2) is 22.5 Å². The summed E-state index contributed by atoms with van der Waals surface area (Å²) < 4.78 is 18.8. The van der Waals surface area contributed by atoms with Crippen molar-refractivity contribution in [3.05, 3.63) is 53.1 Å². The van der Waals surface area contributed by atoms with Crippen LogP contribution >= 0.6 is 0 Å². The molecule has 6 heteroatoms. The van der Waals surface area contributed by atoms with E-state index in [4.69, 9.17) is 4.74 Å². The van der Waals surface area contributed by atoms with E-state index in [1.807, 2.05) is 6.92 Å². The molecule has 1 N–H and O–H groups in total. The highest BCUT2D eigenvalue weighted by Gasteiger charge is 2.11. The van der Waals surface area contributed by atoms with Gasteiger partial charge >= 0.3 is 6.01 Å². The number of rotatable bonds is 5. The molecule has 0 aliphatic carbocycles. The normalized spacial score (nSPS) is 10.8. The minimum Gasteiger partial charge on any atom is -0.464 e. The fourth-order valence-corrected chi connectivity index (χ4v) is 2.00. The number of nitrogens with zero attached hydrogens (tertiary/aromatic N) is 2. The van der Waals surface area contributed by atoms with Crippen molar-refractivity contribution < 1.29 is 13.9 Å². The van der Waals surface area contributed by atoms with E-state index in [-0.39, 0.29) is 17.7 Å². The Bertz CT molecular complexity index is 721. The summed E-state index contributed by atoms with van der Waals surface area (Å²) in [7, 11) is 0. The summed E-state index contributed by atoms with van der Waals surface area (Å²) >= 11 is 0. The first-order chi connectivity index (χ1) is 11.0. The molecule has 1 aromatic heterocycles. The zero-order valence-corrected chi connectivity index (χ0v) is 13.3. The second-order valence-electron chi connectivity index (χ2n) is 4.83. The van der Waals surface area contributed by atoms with E-state index in [1.165, 1.54) is 18.2 Å². The number of hydrogen-bond acceptors (Lipinski definition) is 4. The van der Waals surface area contributed by atoms with Gasteiger partial charge < -0.3 is 10.1 Å². The molecule has 23 heavy (non-hydrogen) atoms. The molecule has 1 amide bonds. The first kappa shape index (κ1) is 16.6. The average Bonchev–Trinajstić information content (AvgIpc) is 2.50. The number of amides is 1. The Hall–Kier alpha value is -2.76. The predicted octanol–water partition coefficient (Wildman–Crippen LogP) is 3.28. The minimum absolute atomic E-state index is 0.280. The lowest BCUT2D eigenvalue weighted by Crippen LogP contribution is -2.13. The van der Waals surface area contributed by atoms with E-state index >= 15 is 0 Å². The maximum atomic E-state index is 13.5. The van der Waals surface area contributed by atoms with E-state index in [2.05, 4.69) is 15.3 Å². The lowest BCUT2D eigenvalue weighted by atomic mass is 10.2. The number of carbonyl (C=O) groups is 1. The highest BCUT2D eigenvalue weighted by molar-refractivity contribution is 6.02. The molecule has 0 spiro atoms. The first-order valence-electron chi connectivity index (χ1n) is 7.23. The highest BCUT2D eigenvalue weighted by atomic mass is 19.1. The number of nitrogens with one attached hydrogen (secondary N) is 1. The Kier molecular flexibility index (Phi) is 5.41. The summed E-state index contributed by atoms with van der Waals surface area (Å²) in [6, 6.07) is 6.51. The van der Waals surface area contributed by atoms with Crippen molar-refractivity contribution in [1.29, 1.82) is 0 Å². The second kappa shape index (κ2) is 7.49. The van der Waals surface area contributed by atoms with Gasteiger partial charge in [-0.15, -0.1) is 0 Å². The van der Waals surface area contributed by atoms with Crippen LogP contribution in [0.1, 0.15) is 23.9 Å². The number of benzene rings is 1. The molecule has 0 atom stereocenters. The van der Waals surface area contributed by atoms with Crippen LogP contribution in [0.5, 0.6) is 6.01 Å². The molecule has 0 aliphatic heterocycles. The Labute approximate surface area is 134 Å². The van der Waals surface area contributed by atoms with E-state index in [9.17, 15) is 9.18 Å². The molecule has 0 aliphatic rings. The molecule has 0 bridgehead atoms.